The van der Waals surface area contributed by atoms with E-state index in [1.54, 1.807) is 0 Å². The molecule has 1 aliphatic carbocycles. The van der Waals surface area contributed by atoms with E-state index < -0.39 is 12.1 Å². The average molecular weight is 650 g/mol. The number of benzene rings is 2. The Morgan fingerprint density at radius 2 is 1.65 bits per heavy atom. The molecule has 2 aromatic rings. The summed E-state index contributed by atoms with van der Waals surface area (Å²) in [7, 11) is 0. The number of hydrogen-bond donors (Lipinski definition) is 2. The fraction of sp³-hybridized carbons (Fsp3) is 0.632. The molecule has 2 N–H and O–H groups in total. The topological polar surface area (TPSA) is 67.9 Å². The van der Waals surface area contributed by atoms with Gasteiger partial charge in [-0.1, -0.05) is 81.1 Å². The van der Waals surface area contributed by atoms with Gasteiger partial charge in [0.1, 0.15) is 6.04 Å². The monoisotopic (exact) mass is 649 g/mol. The highest BCUT2D eigenvalue weighted by Gasteiger charge is 2.38. The Morgan fingerprint density at radius 3 is 2.33 bits per heavy atom. The maximum Gasteiger partial charge on any atom is 0.245 e. The lowest BCUT2D eigenvalue weighted by Crippen LogP contribution is -2.61. The molecule has 8 heteroatoms. The predicted octanol–water partition coefficient (Wildman–Crippen LogP) is 5.64. The maximum atomic E-state index is 14.2. The number of nitrogens with one attached hydrogen (secondary N) is 2. The number of halogens is 1. The van der Waals surface area contributed by atoms with Crippen molar-refractivity contribution in [3.8, 4) is 0 Å². The van der Waals surface area contributed by atoms with E-state index in [1.807, 2.05) is 41.3 Å². The summed E-state index contributed by atoms with van der Waals surface area (Å²) < 4.78 is 0. The Bertz CT molecular complexity index is 1280. The first-order valence-electron chi connectivity index (χ1n) is 17.8. The average Bonchev–Trinajstić information content (AvgIpc) is 3.07. The van der Waals surface area contributed by atoms with E-state index in [0.29, 0.717) is 37.0 Å². The van der Waals surface area contributed by atoms with Crippen molar-refractivity contribution in [1.29, 1.82) is 0 Å². The Labute approximate surface area is 282 Å². The van der Waals surface area contributed by atoms with Crippen LogP contribution in [-0.2, 0) is 28.0 Å². The molecule has 5 rings (SSSR count). The van der Waals surface area contributed by atoms with Crippen LogP contribution >= 0.6 is 11.6 Å². The van der Waals surface area contributed by atoms with E-state index in [2.05, 4.69) is 60.3 Å². The van der Waals surface area contributed by atoms with Gasteiger partial charge in [0.05, 0.1) is 6.04 Å². The number of carbonyl (C=O) groups is 2. The van der Waals surface area contributed by atoms with Crippen LogP contribution in [0.3, 0.4) is 0 Å². The first kappa shape index (κ1) is 34.9. The molecule has 0 bridgehead atoms. The second-order valence-corrected chi connectivity index (χ2v) is 14.7. The fourth-order valence-electron chi connectivity index (χ4n) is 8.16. The lowest BCUT2D eigenvalue weighted by atomic mass is 9.81. The molecule has 1 saturated carbocycles. The molecule has 3 atom stereocenters. The van der Waals surface area contributed by atoms with Gasteiger partial charge < -0.3 is 15.1 Å². The lowest BCUT2D eigenvalue weighted by molar-refractivity contribution is -0.139. The highest BCUT2D eigenvalue weighted by molar-refractivity contribution is 6.30. The van der Waals surface area contributed by atoms with Gasteiger partial charge in [-0.15, -0.1) is 0 Å². The number of rotatable bonds is 12. The molecule has 0 aromatic heterocycles. The molecule has 2 amide bonds. The van der Waals surface area contributed by atoms with Crippen molar-refractivity contribution >= 4 is 23.4 Å². The van der Waals surface area contributed by atoms with Crippen molar-refractivity contribution in [2.75, 3.05) is 45.8 Å². The van der Waals surface area contributed by atoms with Gasteiger partial charge in [-0.25, -0.2) is 0 Å². The van der Waals surface area contributed by atoms with Crippen LogP contribution in [0.15, 0.2) is 48.5 Å². The van der Waals surface area contributed by atoms with Crippen molar-refractivity contribution in [2.45, 2.75) is 103 Å². The normalized spacial score (nSPS) is 21.9. The molecule has 2 unspecified atom stereocenters. The van der Waals surface area contributed by atoms with E-state index in [0.717, 1.165) is 44.2 Å². The molecule has 2 fully saturated rings. The van der Waals surface area contributed by atoms with Crippen molar-refractivity contribution in [3.05, 3.63) is 70.2 Å². The number of hydrogen-bond acceptors (Lipinski definition) is 5. The molecular weight excluding hydrogens is 594 g/mol. The van der Waals surface area contributed by atoms with E-state index in [9.17, 15) is 9.59 Å². The van der Waals surface area contributed by atoms with Gasteiger partial charge in [0.2, 0.25) is 11.8 Å². The van der Waals surface area contributed by atoms with Crippen LogP contribution in [0.1, 0.15) is 82.9 Å². The molecule has 0 radical (unpaired) electrons. The van der Waals surface area contributed by atoms with Crippen LogP contribution in [0.4, 0.5) is 0 Å². The second kappa shape index (κ2) is 16.1. The summed E-state index contributed by atoms with van der Waals surface area (Å²) in [6.45, 7) is 15.2. The Kier molecular flexibility index (Phi) is 12.2. The first-order chi connectivity index (χ1) is 22.2. The Morgan fingerprint density at radius 1 is 0.978 bits per heavy atom. The minimum atomic E-state index is -0.640. The minimum Gasteiger partial charge on any atom is -0.343 e. The van der Waals surface area contributed by atoms with Gasteiger partial charge in [-0.3, -0.25) is 19.8 Å². The number of amides is 2. The molecule has 0 spiro atoms. The van der Waals surface area contributed by atoms with Crippen LogP contribution in [0.25, 0.3) is 0 Å². The zero-order valence-electron chi connectivity index (χ0n) is 28.6. The first-order valence-corrected chi connectivity index (χ1v) is 18.2. The molecule has 46 heavy (non-hydrogen) atoms. The molecule has 2 heterocycles. The zero-order valence-corrected chi connectivity index (χ0v) is 29.3. The van der Waals surface area contributed by atoms with Crippen molar-refractivity contribution in [3.63, 3.8) is 0 Å². The summed E-state index contributed by atoms with van der Waals surface area (Å²) >= 11 is 6.18. The molecule has 3 aliphatic rings. The molecular formula is C38H56ClN5O2. The molecule has 2 aliphatic heterocycles. The predicted molar refractivity (Wildman–Crippen MR) is 188 cm³/mol. The fourth-order valence-corrected chi connectivity index (χ4v) is 8.29. The summed E-state index contributed by atoms with van der Waals surface area (Å²) in [4.78, 5) is 35.3. The van der Waals surface area contributed by atoms with Gasteiger partial charge in [-0.2, -0.15) is 0 Å². The summed E-state index contributed by atoms with van der Waals surface area (Å²) in [6.07, 6.45) is 8.93. The van der Waals surface area contributed by atoms with Crippen LogP contribution in [0.2, 0.25) is 5.02 Å². The number of fused-ring (bicyclic) bond motifs is 1. The quantitative estimate of drug-likeness (QED) is 0.312. The third-order valence-corrected chi connectivity index (χ3v) is 11.1. The summed E-state index contributed by atoms with van der Waals surface area (Å²) in [5.41, 5.74) is 3.03. The molecule has 252 valence electrons. The standard InChI is InChI=1S/C38H56ClN5O2/c1-5-42(6-2)21-20-35(29-12-8-7-9-13-29)43-22-24-44(25-23-43)37(46)34(26-28-16-18-31(39)19-17-28)40-36(45)33-27-30-14-10-11-15-32(30)38(3,4)41-33/h10-11,14-19,29,33-35,41H,5-9,12-13,20-27H2,1-4H3,(H,40,45)/t33?,34-,35?/m1/s1. The van der Waals surface area contributed by atoms with Crippen molar-refractivity contribution in [2.24, 2.45) is 5.92 Å². The van der Waals surface area contributed by atoms with Crippen LogP contribution in [0, 0.1) is 5.92 Å². The van der Waals surface area contributed by atoms with E-state index >= 15 is 0 Å². The van der Waals surface area contributed by atoms with Gasteiger partial charge >= 0.3 is 0 Å². The van der Waals surface area contributed by atoms with Crippen molar-refractivity contribution in [1.82, 2.24) is 25.3 Å². The van der Waals surface area contributed by atoms with E-state index in [-0.39, 0.29) is 17.4 Å². The van der Waals surface area contributed by atoms with Gasteiger partial charge in [-0.05, 0) is 93.9 Å². The summed E-state index contributed by atoms with van der Waals surface area (Å²) in [5.74, 6) is 0.638. The third-order valence-electron chi connectivity index (χ3n) is 10.9. The van der Waals surface area contributed by atoms with E-state index in [1.165, 1.54) is 49.7 Å². The Hall–Kier alpha value is -2.45. The largest absolute Gasteiger partial charge is 0.343 e. The van der Waals surface area contributed by atoms with Gasteiger partial charge in [0, 0.05) is 49.2 Å². The summed E-state index contributed by atoms with van der Waals surface area (Å²) in [6, 6.07) is 15.5. The highest BCUT2D eigenvalue weighted by Crippen LogP contribution is 2.32. The molecule has 1 saturated heterocycles. The molecule has 7 nitrogen and oxygen atoms in total. The number of piperazine rings is 1. The number of carbonyl (C=O) groups excluding carboxylic acids is 2. The molecule has 2 aromatic carbocycles. The SMILES string of the molecule is CCN(CC)CCC(C1CCCCC1)N1CCN(C(=O)[C@@H](Cc2ccc(Cl)cc2)NC(=O)C2Cc3ccccc3C(C)(C)N2)CC1. The zero-order chi connectivity index (χ0) is 32.7. The van der Waals surface area contributed by atoms with Crippen molar-refractivity contribution < 1.29 is 9.59 Å². The second-order valence-electron chi connectivity index (χ2n) is 14.2. The third kappa shape index (κ3) is 8.71. The minimum absolute atomic E-state index is 0.00998. The summed E-state index contributed by atoms with van der Waals surface area (Å²) in [5, 5.41) is 7.42. The lowest BCUT2D eigenvalue weighted by Gasteiger charge is -2.44. The highest BCUT2D eigenvalue weighted by atomic mass is 35.5. The van der Waals surface area contributed by atoms with Gasteiger partial charge in [0.15, 0.2) is 0 Å². The van der Waals surface area contributed by atoms with Gasteiger partial charge in [0.25, 0.3) is 0 Å². The smallest absolute Gasteiger partial charge is 0.245 e. The van der Waals surface area contributed by atoms with Crippen LogP contribution in [0.5, 0.6) is 0 Å². The van der Waals surface area contributed by atoms with Crippen LogP contribution < -0.4 is 10.6 Å². The maximum absolute atomic E-state index is 14.2. The Balaban J connectivity index is 1.27. The van der Waals surface area contributed by atoms with Crippen LogP contribution in [-0.4, -0.2) is 90.5 Å². The van der Waals surface area contributed by atoms with E-state index in [4.69, 9.17) is 11.6 Å². The number of nitrogens with zero attached hydrogens (tertiary/aromatic N) is 3.